The summed E-state index contributed by atoms with van der Waals surface area (Å²) >= 11 is 0. The lowest BCUT2D eigenvalue weighted by molar-refractivity contribution is -0.118. The third-order valence-corrected chi connectivity index (χ3v) is 8.37. The smallest absolute Gasteiger partial charge is 0.419 e. The molecule has 0 radical (unpaired) electrons. The number of nitrogens with zero attached hydrogens (tertiary/aromatic N) is 3. The van der Waals surface area contributed by atoms with Gasteiger partial charge in [0.05, 0.1) is 41.7 Å². The molecule has 0 spiro atoms. The maximum absolute atomic E-state index is 14.1. The van der Waals surface area contributed by atoms with Gasteiger partial charge in [-0.15, -0.1) is 0 Å². The average Bonchev–Trinajstić information content (AvgIpc) is 3.72. The van der Waals surface area contributed by atoms with Crippen LogP contribution in [0.15, 0.2) is 115 Å². The van der Waals surface area contributed by atoms with Gasteiger partial charge in [-0.05, 0) is 41.1 Å². The lowest BCUT2D eigenvalue weighted by atomic mass is 10.0. The van der Waals surface area contributed by atoms with Gasteiger partial charge in [-0.2, -0.15) is 0 Å². The van der Waals surface area contributed by atoms with Gasteiger partial charge < -0.3 is 34.9 Å². The number of anilines is 2. The summed E-state index contributed by atoms with van der Waals surface area (Å²) in [5.41, 5.74) is 3.05. The van der Waals surface area contributed by atoms with Crippen LogP contribution in [-0.4, -0.2) is 50.6 Å². The number of nitrogens with one attached hydrogen (secondary N) is 2. The van der Waals surface area contributed by atoms with Crippen molar-refractivity contribution in [3.63, 3.8) is 0 Å². The van der Waals surface area contributed by atoms with Crippen molar-refractivity contribution in [3.8, 4) is 11.8 Å². The highest BCUT2D eigenvalue weighted by Gasteiger charge is 2.40. The van der Waals surface area contributed by atoms with E-state index in [1.807, 2.05) is 78.9 Å². The second-order valence-electron chi connectivity index (χ2n) is 11.6. The molecule has 1 saturated heterocycles. The number of aliphatic hydroxyl groups is 2. The van der Waals surface area contributed by atoms with Crippen LogP contribution in [0.3, 0.4) is 0 Å². The Balaban J connectivity index is 1.34. The molecule has 7 rings (SSSR count). The van der Waals surface area contributed by atoms with E-state index in [0.29, 0.717) is 28.3 Å². The van der Waals surface area contributed by atoms with Crippen LogP contribution in [0.2, 0.25) is 0 Å². The average molecular weight is 656 g/mol. The second-order valence-corrected chi connectivity index (χ2v) is 11.6. The number of ether oxygens (including phenoxy) is 2. The monoisotopic (exact) mass is 655 g/mol. The summed E-state index contributed by atoms with van der Waals surface area (Å²) in [6.45, 7) is 0.999. The molecule has 11 heteroatoms. The fourth-order valence-corrected chi connectivity index (χ4v) is 6.10. The summed E-state index contributed by atoms with van der Waals surface area (Å²) in [5, 5.41) is 28.4. The molecule has 5 aromatic rings. The molecule has 11 nitrogen and oxygen atoms in total. The molecular weight excluding hydrogens is 622 g/mol. The Hall–Kier alpha value is -5.93. The molecule has 1 aromatic heterocycles. The van der Waals surface area contributed by atoms with Gasteiger partial charge >= 0.3 is 6.09 Å². The number of fused-ring (bicyclic) bond motifs is 2. The summed E-state index contributed by atoms with van der Waals surface area (Å²) < 4.78 is 13.9. The van der Waals surface area contributed by atoms with Crippen LogP contribution in [0.4, 0.5) is 16.2 Å². The molecule has 2 amide bonds. The number of para-hydroxylation sites is 2. The first kappa shape index (κ1) is 31.7. The minimum Gasteiger partial charge on any atom is -0.419 e. The van der Waals surface area contributed by atoms with Crippen LogP contribution in [0.1, 0.15) is 42.8 Å². The van der Waals surface area contributed by atoms with Crippen molar-refractivity contribution in [2.75, 3.05) is 11.5 Å². The van der Waals surface area contributed by atoms with Crippen LogP contribution < -0.4 is 15.5 Å². The molecule has 1 fully saturated rings. The molecule has 2 aliphatic rings. The number of amides is 2. The first-order valence-corrected chi connectivity index (χ1v) is 15.8. The van der Waals surface area contributed by atoms with Crippen molar-refractivity contribution in [1.29, 1.82) is 0 Å². The molecular formula is C38H33N5O6. The number of allylic oxidation sites excluding steroid dienone is 1. The largest absolute Gasteiger partial charge is 0.421 e. The molecule has 1 unspecified atom stereocenters. The predicted molar refractivity (Wildman–Crippen MR) is 183 cm³/mol. The maximum atomic E-state index is 14.1. The van der Waals surface area contributed by atoms with Gasteiger partial charge in [0.2, 0.25) is 12.1 Å². The van der Waals surface area contributed by atoms with Crippen LogP contribution >= 0.6 is 0 Å². The third kappa shape index (κ3) is 6.36. The Kier molecular flexibility index (Phi) is 8.83. The van der Waals surface area contributed by atoms with E-state index in [4.69, 9.17) is 9.47 Å². The third-order valence-electron chi connectivity index (χ3n) is 8.37. The van der Waals surface area contributed by atoms with Crippen molar-refractivity contribution in [2.24, 2.45) is 0 Å². The van der Waals surface area contributed by atoms with Crippen LogP contribution in [-0.2, 0) is 14.3 Å². The van der Waals surface area contributed by atoms with E-state index in [1.165, 1.54) is 18.2 Å². The lowest BCUT2D eigenvalue weighted by Gasteiger charge is -2.30. The number of aromatic nitrogens is 2. The van der Waals surface area contributed by atoms with Gasteiger partial charge in [0.25, 0.3) is 0 Å². The zero-order chi connectivity index (χ0) is 33.9. The van der Waals surface area contributed by atoms with E-state index in [1.54, 1.807) is 28.8 Å². The van der Waals surface area contributed by atoms with Crippen molar-refractivity contribution < 1.29 is 29.3 Å². The molecule has 4 aromatic carbocycles. The van der Waals surface area contributed by atoms with Crippen LogP contribution in [0.25, 0.3) is 16.3 Å². The summed E-state index contributed by atoms with van der Waals surface area (Å²) in [6.07, 6.45) is -2.62. The standard InChI is InChI=1S/C38H33N5O6/c1-24(45)40-36-30(20-19-26-13-10-12-25-11-8-9-18-29(25)26)35-34(39-23-42(35)33-21-31(46)32(22-44)48-33)37(41-36)49-38(47)43(27-14-4-2-5-15-27)28-16-6-3-7-17-28/h2-18,23,31-33,37,41,44,46H,21-22H2,1H3,(H,40,45)/t31-,32+,33+,37?/m0/s1. The van der Waals surface area contributed by atoms with Gasteiger partial charge in [0.1, 0.15) is 23.8 Å². The zero-order valence-corrected chi connectivity index (χ0v) is 26.5. The number of aliphatic hydroxyl groups excluding tert-OH is 2. The fraction of sp³-hybridized carbons (Fsp3) is 0.184. The van der Waals surface area contributed by atoms with E-state index < -0.39 is 30.8 Å². The molecule has 2 aliphatic heterocycles. The fourth-order valence-electron chi connectivity index (χ4n) is 6.10. The van der Waals surface area contributed by atoms with Crippen molar-refractivity contribution in [2.45, 2.75) is 38.0 Å². The van der Waals surface area contributed by atoms with Gasteiger partial charge in [0, 0.05) is 18.9 Å². The SMILES string of the molecule is CC(=O)NC1=C(C#Cc2cccc3ccccc23)c2c(ncn2[C@H]2C[C@H](O)[C@@H](CO)O2)C(OC(=O)N(c2ccccc2)c2ccccc2)N1. The molecule has 3 heterocycles. The molecule has 4 N–H and O–H groups in total. The normalized spacial score (nSPS) is 19.7. The molecule has 49 heavy (non-hydrogen) atoms. The predicted octanol–water partition coefficient (Wildman–Crippen LogP) is 5.11. The van der Waals surface area contributed by atoms with Crippen molar-refractivity contribution in [1.82, 2.24) is 20.2 Å². The number of rotatable bonds is 6. The number of carbonyl (C=O) groups is 2. The highest BCUT2D eigenvalue weighted by atomic mass is 16.6. The summed E-state index contributed by atoms with van der Waals surface area (Å²) in [6, 6.07) is 31.9. The summed E-state index contributed by atoms with van der Waals surface area (Å²) in [5.74, 6) is 6.34. The quantitative estimate of drug-likeness (QED) is 0.185. The molecule has 246 valence electrons. The Morgan fingerprint density at radius 2 is 1.65 bits per heavy atom. The number of hydrogen-bond donors (Lipinski definition) is 4. The van der Waals surface area contributed by atoms with Crippen LogP contribution in [0.5, 0.6) is 0 Å². The van der Waals surface area contributed by atoms with Crippen molar-refractivity contribution in [3.05, 3.63) is 132 Å². The lowest BCUT2D eigenvalue weighted by Crippen LogP contribution is -2.40. The first-order valence-electron chi connectivity index (χ1n) is 15.8. The Morgan fingerprint density at radius 1 is 0.980 bits per heavy atom. The van der Waals surface area contributed by atoms with E-state index in [9.17, 15) is 19.8 Å². The van der Waals surface area contributed by atoms with E-state index in [2.05, 4.69) is 27.5 Å². The number of imidazole rings is 1. The number of hydrogen-bond acceptors (Lipinski definition) is 8. The number of benzene rings is 4. The Bertz CT molecular complexity index is 2060. The topological polar surface area (TPSA) is 138 Å². The summed E-state index contributed by atoms with van der Waals surface area (Å²) in [4.78, 5) is 32.7. The number of carbonyl (C=O) groups excluding carboxylic acids is 2. The molecule has 0 saturated carbocycles. The second kappa shape index (κ2) is 13.7. The highest BCUT2D eigenvalue weighted by molar-refractivity contribution is 5.96. The first-order chi connectivity index (χ1) is 23.9. The minimum absolute atomic E-state index is 0.168. The van der Waals surface area contributed by atoms with Crippen LogP contribution in [0, 0.1) is 11.8 Å². The zero-order valence-electron chi connectivity index (χ0n) is 26.5. The molecule has 0 aliphatic carbocycles. The van der Waals surface area contributed by atoms with Gasteiger partial charge in [-0.1, -0.05) is 84.6 Å². The maximum Gasteiger partial charge on any atom is 0.421 e. The van der Waals surface area contributed by atoms with Crippen molar-refractivity contribution >= 4 is 39.7 Å². The van der Waals surface area contributed by atoms with Gasteiger partial charge in [0.15, 0.2) is 0 Å². The molecule has 4 atom stereocenters. The molecule has 0 bridgehead atoms. The van der Waals surface area contributed by atoms with E-state index in [0.717, 1.165) is 16.3 Å². The van der Waals surface area contributed by atoms with Gasteiger partial charge in [-0.25, -0.2) is 14.7 Å². The Morgan fingerprint density at radius 3 is 2.33 bits per heavy atom. The minimum atomic E-state index is -1.16. The van der Waals surface area contributed by atoms with E-state index >= 15 is 0 Å². The summed E-state index contributed by atoms with van der Waals surface area (Å²) in [7, 11) is 0. The Labute approximate surface area is 282 Å². The van der Waals surface area contributed by atoms with E-state index in [-0.39, 0.29) is 24.8 Å². The highest BCUT2D eigenvalue weighted by Crippen LogP contribution is 2.38. The van der Waals surface area contributed by atoms with Gasteiger partial charge in [-0.3, -0.25) is 4.79 Å².